The van der Waals surface area contributed by atoms with E-state index in [-0.39, 0.29) is 5.04 Å². The lowest BCUT2D eigenvalue weighted by Crippen LogP contribution is -2.66. The van der Waals surface area contributed by atoms with Gasteiger partial charge in [0, 0.05) is 6.61 Å². The number of hydrogen-bond acceptors (Lipinski definition) is 1. The van der Waals surface area contributed by atoms with Gasteiger partial charge in [-0.25, -0.2) is 0 Å². The molecule has 0 aliphatic carbocycles. The SMILES string of the molecule is CC=C[C@H](C)CO[Si](c1ccccc1)(c1ccccc1)C(C)(C)C. The van der Waals surface area contributed by atoms with Crippen molar-refractivity contribution in [1.29, 1.82) is 0 Å². The van der Waals surface area contributed by atoms with E-state index in [1.54, 1.807) is 0 Å². The highest BCUT2D eigenvalue weighted by Gasteiger charge is 2.50. The maximum Gasteiger partial charge on any atom is 0.261 e. The lowest BCUT2D eigenvalue weighted by atomic mass is 10.2. The van der Waals surface area contributed by atoms with Crippen molar-refractivity contribution in [3.63, 3.8) is 0 Å². The van der Waals surface area contributed by atoms with E-state index in [1.807, 2.05) is 0 Å². The molecular weight excluding hydrogens is 308 g/mol. The van der Waals surface area contributed by atoms with E-state index in [4.69, 9.17) is 4.43 Å². The van der Waals surface area contributed by atoms with Gasteiger partial charge in [-0.1, -0.05) is 101 Å². The Kier molecular flexibility index (Phi) is 6.19. The minimum Gasteiger partial charge on any atom is -0.407 e. The summed E-state index contributed by atoms with van der Waals surface area (Å²) in [6, 6.07) is 21.6. The summed E-state index contributed by atoms with van der Waals surface area (Å²) in [7, 11) is -2.38. The van der Waals surface area contributed by atoms with Gasteiger partial charge in [0.1, 0.15) is 0 Å². The largest absolute Gasteiger partial charge is 0.407 e. The molecule has 1 nitrogen and oxygen atoms in total. The molecule has 2 heteroatoms. The Balaban J connectivity index is 2.57. The van der Waals surface area contributed by atoms with Gasteiger partial charge in [-0.05, 0) is 28.3 Å². The van der Waals surface area contributed by atoms with Crippen molar-refractivity contribution in [3.05, 3.63) is 72.8 Å². The molecule has 24 heavy (non-hydrogen) atoms. The second kappa shape index (κ2) is 7.95. The lowest BCUT2D eigenvalue weighted by molar-refractivity contribution is 0.268. The highest BCUT2D eigenvalue weighted by Crippen LogP contribution is 2.37. The molecule has 2 aromatic rings. The zero-order valence-corrected chi connectivity index (χ0v) is 16.6. The van der Waals surface area contributed by atoms with Crippen LogP contribution in [0.3, 0.4) is 0 Å². The van der Waals surface area contributed by atoms with Crippen LogP contribution >= 0.6 is 0 Å². The molecule has 1 atom stereocenters. The maximum atomic E-state index is 6.87. The van der Waals surface area contributed by atoms with E-state index in [0.717, 1.165) is 6.61 Å². The summed E-state index contributed by atoms with van der Waals surface area (Å²) in [5, 5.41) is 2.73. The van der Waals surface area contributed by atoms with Gasteiger partial charge in [0.25, 0.3) is 8.32 Å². The van der Waals surface area contributed by atoms with E-state index >= 15 is 0 Å². The second-order valence-electron chi connectivity index (χ2n) is 7.48. The van der Waals surface area contributed by atoms with Gasteiger partial charge in [-0.3, -0.25) is 0 Å². The second-order valence-corrected chi connectivity index (χ2v) is 11.8. The van der Waals surface area contributed by atoms with Crippen LogP contribution in [0.25, 0.3) is 0 Å². The molecule has 0 unspecified atom stereocenters. The molecule has 2 aromatic carbocycles. The summed E-state index contributed by atoms with van der Waals surface area (Å²) in [6.45, 7) is 12.0. The van der Waals surface area contributed by atoms with Crippen LogP contribution in [0.5, 0.6) is 0 Å². The molecule has 128 valence electrons. The molecule has 0 aromatic heterocycles. The van der Waals surface area contributed by atoms with Crippen LogP contribution < -0.4 is 10.4 Å². The number of hydrogen-bond donors (Lipinski definition) is 0. The van der Waals surface area contributed by atoms with Crippen LogP contribution in [-0.4, -0.2) is 14.9 Å². The highest BCUT2D eigenvalue weighted by molar-refractivity contribution is 6.99. The lowest BCUT2D eigenvalue weighted by Gasteiger charge is -2.43. The first kappa shape index (κ1) is 18.7. The van der Waals surface area contributed by atoms with Crippen LogP contribution in [0.15, 0.2) is 72.8 Å². The summed E-state index contributed by atoms with van der Waals surface area (Å²) in [4.78, 5) is 0. The minimum absolute atomic E-state index is 0.0470. The summed E-state index contributed by atoms with van der Waals surface area (Å²) < 4.78 is 6.87. The summed E-state index contributed by atoms with van der Waals surface area (Å²) in [5.74, 6) is 0.414. The van der Waals surface area contributed by atoms with Gasteiger partial charge in [0.15, 0.2) is 0 Å². The van der Waals surface area contributed by atoms with E-state index in [1.165, 1.54) is 10.4 Å². The molecule has 0 radical (unpaired) electrons. The third-order valence-corrected chi connectivity index (χ3v) is 9.51. The van der Waals surface area contributed by atoms with Gasteiger partial charge in [0.05, 0.1) is 0 Å². The molecule has 0 heterocycles. The van der Waals surface area contributed by atoms with Crippen LogP contribution in [0.4, 0.5) is 0 Å². The van der Waals surface area contributed by atoms with Crippen LogP contribution in [0, 0.1) is 5.92 Å². The topological polar surface area (TPSA) is 9.23 Å². The van der Waals surface area contributed by atoms with Crippen LogP contribution in [-0.2, 0) is 4.43 Å². The third-order valence-electron chi connectivity index (χ3n) is 4.50. The van der Waals surface area contributed by atoms with Gasteiger partial charge >= 0.3 is 0 Å². The predicted molar refractivity (Wildman–Crippen MR) is 108 cm³/mol. The predicted octanol–water partition coefficient (Wildman–Crippen LogP) is 4.78. The molecule has 0 bridgehead atoms. The molecular formula is C22H30OSi. The fraction of sp³-hybridized carbons (Fsp3) is 0.364. The first-order valence-electron chi connectivity index (χ1n) is 8.79. The van der Waals surface area contributed by atoms with E-state index in [2.05, 4.69) is 107 Å². The van der Waals surface area contributed by atoms with Crippen molar-refractivity contribution in [1.82, 2.24) is 0 Å². The van der Waals surface area contributed by atoms with Gasteiger partial charge < -0.3 is 4.43 Å². The molecule has 0 saturated heterocycles. The van der Waals surface area contributed by atoms with Crippen molar-refractivity contribution >= 4 is 18.7 Å². The van der Waals surface area contributed by atoms with Crippen molar-refractivity contribution < 1.29 is 4.43 Å². The Hall–Kier alpha value is -1.64. The highest BCUT2D eigenvalue weighted by atomic mass is 28.4. The number of rotatable bonds is 6. The Bertz CT molecular complexity index is 601. The van der Waals surface area contributed by atoms with Crippen LogP contribution in [0.1, 0.15) is 34.6 Å². The van der Waals surface area contributed by atoms with E-state index < -0.39 is 8.32 Å². The van der Waals surface area contributed by atoms with E-state index in [9.17, 15) is 0 Å². The standard InChI is InChI=1S/C22H30OSi/c1-6-13-19(2)18-23-24(22(3,4)5,20-14-9-7-10-15-20)21-16-11-8-12-17-21/h6-17,19H,18H2,1-5H3/t19-/m0/s1. The number of allylic oxidation sites excluding steroid dienone is 1. The van der Waals surface area contributed by atoms with Crippen molar-refractivity contribution in [2.45, 2.75) is 39.7 Å². The fourth-order valence-electron chi connectivity index (χ4n) is 3.40. The zero-order valence-electron chi connectivity index (χ0n) is 15.6. The Labute approximate surface area is 148 Å². The van der Waals surface area contributed by atoms with E-state index in [0.29, 0.717) is 5.92 Å². The van der Waals surface area contributed by atoms with Crippen LogP contribution in [0.2, 0.25) is 5.04 Å². The molecule has 0 aliphatic heterocycles. The average Bonchev–Trinajstić information content (AvgIpc) is 2.56. The first-order chi connectivity index (χ1) is 11.4. The molecule has 0 aliphatic rings. The summed E-state index contributed by atoms with van der Waals surface area (Å²) in [6.07, 6.45) is 4.33. The van der Waals surface area contributed by atoms with Gasteiger partial charge in [0.2, 0.25) is 0 Å². The average molecular weight is 339 g/mol. The Morgan fingerprint density at radius 2 is 1.38 bits per heavy atom. The summed E-state index contributed by atoms with van der Waals surface area (Å²) >= 11 is 0. The van der Waals surface area contributed by atoms with Crippen molar-refractivity contribution in [2.24, 2.45) is 5.92 Å². The molecule has 0 saturated carbocycles. The quantitative estimate of drug-likeness (QED) is 0.544. The Morgan fingerprint density at radius 1 is 0.917 bits per heavy atom. The van der Waals surface area contributed by atoms with Gasteiger partial charge in [-0.15, -0.1) is 0 Å². The van der Waals surface area contributed by atoms with Crippen molar-refractivity contribution in [3.8, 4) is 0 Å². The minimum atomic E-state index is -2.38. The smallest absolute Gasteiger partial charge is 0.261 e. The molecule has 0 fully saturated rings. The number of benzene rings is 2. The maximum absolute atomic E-state index is 6.87. The Morgan fingerprint density at radius 3 is 1.75 bits per heavy atom. The molecule has 0 amide bonds. The molecule has 2 rings (SSSR count). The third kappa shape index (κ3) is 3.88. The summed E-state index contributed by atoms with van der Waals surface area (Å²) in [5.41, 5.74) is 0. The zero-order chi connectivity index (χ0) is 17.6. The molecule has 0 spiro atoms. The van der Waals surface area contributed by atoms with Gasteiger partial charge in [-0.2, -0.15) is 0 Å². The molecule has 0 N–H and O–H groups in total. The fourth-order valence-corrected chi connectivity index (χ4v) is 8.07. The monoisotopic (exact) mass is 338 g/mol. The van der Waals surface area contributed by atoms with Crippen molar-refractivity contribution in [2.75, 3.05) is 6.61 Å². The normalized spacial score (nSPS) is 14.0. The first-order valence-corrected chi connectivity index (χ1v) is 10.7.